The van der Waals surface area contributed by atoms with Crippen molar-refractivity contribution in [3.63, 3.8) is 0 Å². The molecule has 0 saturated heterocycles. The summed E-state index contributed by atoms with van der Waals surface area (Å²) in [6.45, 7) is 2.93. The van der Waals surface area contributed by atoms with Crippen molar-refractivity contribution >= 4 is 15.5 Å². The van der Waals surface area contributed by atoms with Gasteiger partial charge in [-0.25, -0.2) is 17.2 Å². The fourth-order valence-electron chi connectivity index (χ4n) is 1.21. The van der Waals surface area contributed by atoms with Crippen LogP contribution in [0.5, 0.6) is 0 Å². The van der Waals surface area contributed by atoms with Gasteiger partial charge < -0.3 is 0 Å². The molecule has 1 aromatic carbocycles. The summed E-state index contributed by atoms with van der Waals surface area (Å²) in [6, 6.07) is 1.90. The van der Waals surface area contributed by atoms with Crippen LogP contribution in [0.2, 0.25) is 0 Å². The van der Waals surface area contributed by atoms with E-state index in [1.807, 2.05) is 0 Å². The fraction of sp³-hybridized carbons (Fsp3) is 0.400. The van der Waals surface area contributed by atoms with Crippen molar-refractivity contribution in [1.29, 1.82) is 0 Å². The van der Waals surface area contributed by atoms with Gasteiger partial charge in [-0.3, -0.25) is 0 Å². The molecule has 0 saturated carbocycles. The molecule has 0 aliphatic rings. The Labute approximate surface area is 103 Å². The highest BCUT2D eigenvalue weighted by atomic mass is 32.2. The van der Waals surface area contributed by atoms with Crippen LogP contribution >= 0.6 is 0 Å². The first-order valence-electron chi connectivity index (χ1n) is 5.03. The van der Waals surface area contributed by atoms with Crippen molar-refractivity contribution in [2.24, 2.45) is 5.11 Å². The highest BCUT2D eigenvalue weighted by Gasteiger charge is 2.21. The summed E-state index contributed by atoms with van der Waals surface area (Å²) in [5, 5.41) is 2.20. The van der Waals surface area contributed by atoms with Crippen LogP contribution < -0.4 is 0 Å². The summed E-state index contributed by atoms with van der Waals surface area (Å²) in [5.74, 6) is -2.74. The summed E-state index contributed by atoms with van der Waals surface area (Å²) in [5.41, 5.74) is 7.16. The second-order valence-corrected chi connectivity index (χ2v) is 6.47. The maximum absolute atomic E-state index is 13.7. The van der Waals surface area contributed by atoms with E-state index >= 15 is 0 Å². The van der Waals surface area contributed by atoms with Crippen LogP contribution in [0.15, 0.2) is 17.2 Å². The molecular weight excluding hydrogens is 264 g/mol. The van der Waals surface area contributed by atoms with Gasteiger partial charge in [0, 0.05) is 10.5 Å². The Morgan fingerprint density at radius 3 is 2.50 bits per heavy atom. The minimum atomic E-state index is -3.52. The highest BCUT2D eigenvalue weighted by Crippen LogP contribution is 2.27. The van der Waals surface area contributed by atoms with Crippen LogP contribution in [0.25, 0.3) is 10.4 Å². The lowest BCUT2D eigenvalue weighted by molar-refractivity contribution is 0.569. The second kappa shape index (κ2) is 5.32. The molecule has 0 bridgehead atoms. The molecule has 0 spiro atoms. The summed E-state index contributed by atoms with van der Waals surface area (Å²) < 4.78 is 50.2. The number of azide groups is 1. The average molecular weight is 275 g/mol. The van der Waals surface area contributed by atoms with E-state index in [-0.39, 0.29) is 5.56 Å². The van der Waals surface area contributed by atoms with E-state index in [0.717, 1.165) is 12.1 Å². The molecule has 0 aromatic heterocycles. The van der Waals surface area contributed by atoms with E-state index in [1.54, 1.807) is 0 Å². The predicted molar refractivity (Wildman–Crippen MR) is 62.9 cm³/mol. The Bertz CT molecular complexity index is 608. The Balaban J connectivity index is 3.29. The third-order valence-corrected chi connectivity index (χ3v) is 4.52. The minimum absolute atomic E-state index is 0.215. The van der Waals surface area contributed by atoms with Gasteiger partial charge in [0.1, 0.15) is 17.3 Å². The first-order valence-corrected chi connectivity index (χ1v) is 6.74. The van der Waals surface area contributed by atoms with Crippen LogP contribution in [-0.2, 0) is 15.6 Å². The van der Waals surface area contributed by atoms with Gasteiger partial charge in [-0.2, -0.15) is 0 Å². The number of hydrogen-bond donors (Lipinski definition) is 0. The van der Waals surface area contributed by atoms with Gasteiger partial charge in [0.2, 0.25) is 0 Å². The van der Waals surface area contributed by atoms with E-state index in [2.05, 4.69) is 10.0 Å². The normalized spacial score (nSPS) is 11.4. The number of sulfone groups is 1. The molecule has 5 nitrogen and oxygen atoms in total. The Morgan fingerprint density at radius 2 is 2.00 bits per heavy atom. The third-order valence-electron chi connectivity index (χ3n) is 2.37. The lowest BCUT2D eigenvalue weighted by Crippen LogP contribution is -2.16. The summed E-state index contributed by atoms with van der Waals surface area (Å²) in [7, 11) is -3.52. The molecule has 0 N–H and O–H groups in total. The van der Waals surface area contributed by atoms with Crippen molar-refractivity contribution in [2.75, 3.05) is 0 Å². The van der Waals surface area contributed by atoms with E-state index in [0.29, 0.717) is 0 Å². The van der Waals surface area contributed by atoms with Crippen molar-refractivity contribution in [3.05, 3.63) is 39.8 Å². The molecule has 1 rings (SSSR count). The SMILES string of the molecule is CC(C)S(=O)(=O)Cc1ccc(F)c(N=[N+]=[N-])c1F. The Morgan fingerprint density at radius 1 is 1.39 bits per heavy atom. The zero-order valence-corrected chi connectivity index (χ0v) is 10.6. The molecule has 0 atom stereocenters. The van der Waals surface area contributed by atoms with Gasteiger partial charge in [-0.05, 0) is 25.4 Å². The first kappa shape index (κ1) is 14.4. The van der Waals surface area contributed by atoms with Crippen LogP contribution in [-0.4, -0.2) is 13.7 Å². The zero-order valence-electron chi connectivity index (χ0n) is 9.76. The molecule has 0 aliphatic carbocycles. The fourth-order valence-corrected chi connectivity index (χ4v) is 2.20. The molecule has 0 aliphatic heterocycles. The predicted octanol–water partition coefficient (Wildman–Crippen LogP) is 3.23. The monoisotopic (exact) mass is 275 g/mol. The first-order chi connectivity index (χ1) is 8.29. The molecule has 98 valence electrons. The maximum Gasteiger partial charge on any atom is 0.156 e. The minimum Gasteiger partial charge on any atom is -0.228 e. The van der Waals surface area contributed by atoms with E-state index in [1.165, 1.54) is 13.8 Å². The van der Waals surface area contributed by atoms with E-state index in [4.69, 9.17) is 5.53 Å². The summed E-state index contributed by atoms with van der Waals surface area (Å²) >= 11 is 0. The number of rotatable bonds is 4. The lowest BCUT2D eigenvalue weighted by atomic mass is 10.2. The lowest BCUT2D eigenvalue weighted by Gasteiger charge is -2.09. The maximum atomic E-state index is 13.7. The molecular formula is C10H11F2N3O2S. The number of halogens is 2. The van der Waals surface area contributed by atoms with Crippen LogP contribution in [0.1, 0.15) is 19.4 Å². The van der Waals surface area contributed by atoms with E-state index in [9.17, 15) is 17.2 Å². The standard InChI is InChI=1S/C10H11F2N3O2S/c1-6(2)18(16,17)5-7-3-4-8(11)10(9(7)12)14-15-13/h3-4,6H,5H2,1-2H3. The highest BCUT2D eigenvalue weighted by molar-refractivity contribution is 7.91. The van der Waals surface area contributed by atoms with Gasteiger partial charge in [0.25, 0.3) is 0 Å². The number of nitrogens with zero attached hydrogens (tertiary/aromatic N) is 3. The van der Waals surface area contributed by atoms with Crippen LogP contribution in [0, 0.1) is 11.6 Å². The summed E-state index contributed by atoms with van der Waals surface area (Å²) in [4.78, 5) is 2.30. The molecule has 18 heavy (non-hydrogen) atoms. The summed E-state index contributed by atoms with van der Waals surface area (Å²) in [6.07, 6.45) is 0. The molecule has 0 unspecified atom stereocenters. The van der Waals surface area contributed by atoms with Gasteiger partial charge in [0.05, 0.1) is 11.0 Å². The molecule has 0 radical (unpaired) electrons. The quantitative estimate of drug-likeness (QED) is 0.480. The van der Waals surface area contributed by atoms with Crippen LogP contribution in [0.3, 0.4) is 0 Å². The van der Waals surface area contributed by atoms with Crippen molar-refractivity contribution in [2.45, 2.75) is 24.9 Å². The molecule has 0 heterocycles. The largest absolute Gasteiger partial charge is 0.228 e. The molecule has 0 fully saturated rings. The molecule has 0 amide bonds. The topological polar surface area (TPSA) is 82.9 Å². The van der Waals surface area contributed by atoms with Gasteiger partial charge in [0.15, 0.2) is 9.84 Å². The second-order valence-electron chi connectivity index (χ2n) is 3.91. The molecule has 8 heteroatoms. The Kier molecular flexibility index (Phi) is 4.26. The van der Waals surface area contributed by atoms with Crippen molar-refractivity contribution in [3.8, 4) is 0 Å². The smallest absolute Gasteiger partial charge is 0.156 e. The van der Waals surface area contributed by atoms with E-state index < -0.39 is 38.2 Å². The third kappa shape index (κ3) is 2.96. The number of hydrogen-bond acceptors (Lipinski definition) is 3. The van der Waals surface area contributed by atoms with Crippen LogP contribution in [0.4, 0.5) is 14.5 Å². The Hall–Kier alpha value is -1.66. The van der Waals surface area contributed by atoms with Crippen molar-refractivity contribution < 1.29 is 17.2 Å². The van der Waals surface area contributed by atoms with Gasteiger partial charge in [-0.15, -0.1) is 0 Å². The molecule has 1 aromatic rings. The average Bonchev–Trinajstić information content (AvgIpc) is 2.28. The number of benzene rings is 1. The van der Waals surface area contributed by atoms with Gasteiger partial charge in [-0.1, -0.05) is 11.2 Å². The zero-order chi connectivity index (χ0) is 13.9. The van der Waals surface area contributed by atoms with Crippen molar-refractivity contribution in [1.82, 2.24) is 0 Å². The van der Waals surface area contributed by atoms with Gasteiger partial charge >= 0.3 is 0 Å².